The molecule has 5 heteroatoms. The first-order valence-electron chi connectivity index (χ1n) is 6.06. The van der Waals surface area contributed by atoms with Gasteiger partial charge in [-0.2, -0.15) is 0 Å². The van der Waals surface area contributed by atoms with Crippen molar-refractivity contribution in [3.8, 4) is 0 Å². The molecular weight excluding hydrogens is 230 g/mol. The summed E-state index contributed by atoms with van der Waals surface area (Å²) in [6.07, 6.45) is 1.65. The van der Waals surface area contributed by atoms with E-state index in [4.69, 9.17) is 9.84 Å². The van der Waals surface area contributed by atoms with E-state index in [-0.39, 0.29) is 12.7 Å². The number of anilines is 1. The van der Waals surface area contributed by atoms with E-state index in [1.807, 2.05) is 24.3 Å². The third kappa shape index (κ3) is 2.14. The molecule has 1 saturated heterocycles. The number of aliphatic hydroxyl groups is 1. The minimum absolute atomic E-state index is 0.0392. The zero-order valence-corrected chi connectivity index (χ0v) is 9.99. The zero-order chi connectivity index (χ0) is 12.4. The fraction of sp³-hybridized carbons (Fsp3) is 0.385. The number of benzene rings is 1. The van der Waals surface area contributed by atoms with Gasteiger partial charge in [-0.05, 0) is 12.1 Å². The molecule has 0 radical (unpaired) electrons. The fourth-order valence-electron chi connectivity index (χ4n) is 2.14. The summed E-state index contributed by atoms with van der Waals surface area (Å²) < 4.78 is 5.43. The van der Waals surface area contributed by atoms with E-state index in [0.29, 0.717) is 13.2 Å². The van der Waals surface area contributed by atoms with Crippen molar-refractivity contribution in [3.63, 3.8) is 0 Å². The summed E-state index contributed by atoms with van der Waals surface area (Å²) >= 11 is 0. The lowest BCUT2D eigenvalue weighted by atomic mass is 10.2. The SMILES string of the molecule is OCC1CN(c2cnc3ccccc3n2)CCO1. The van der Waals surface area contributed by atoms with Gasteiger partial charge >= 0.3 is 0 Å². The minimum Gasteiger partial charge on any atom is -0.394 e. The van der Waals surface area contributed by atoms with Gasteiger partial charge in [-0.1, -0.05) is 12.1 Å². The molecule has 0 bridgehead atoms. The Morgan fingerprint density at radius 3 is 3.00 bits per heavy atom. The molecular formula is C13H15N3O2. The molecule has 1 fully saturated rings. The number of nitrogens with zero attached hydrogens (tertiary/aromatic N) is 3. The van der Waals surface area contributed by atoms with Crippen molar-refractivity contribution in [2.75, 3.05) is 31.2 Å². The van der Waals surface area contributed by atoms with Crippen molar-refractivity contribution in [1.82, 2.24) is 9.97 Å². The van der Waals surface area contributed by atoms with Crippen molar-refractivity contribution in [1.29, 1.82) is 0 Å². The number of para-hydroxylation sites is 2. The van der Waals surface area contributed by atoms with E-state index in [1.165, 1.54) is 0 Å². The normalized spacial score (nSPS) is 20.3. The van der Waals surface area contributed by atoms with Crippen LogP contribution < -0.4 is 4.90 Å². The first-order chi connectivity index (χ1) is 8.86. The van der Waals surface area contributed by atoms with Gasteiger partial charge < -0.3 is 14.7 Å². The van der Waals surface area contributed by atoms with Gasteiger partial charge in [0.25, 0.3) is 0 Å². The van der Waals surface area contributed by atoms with Crippen LogP contribution in [0.2, 0.25) is 0 Å². The summed E-state index contributed by atoms with van der Waals surface area (Å²) in [5, 5.41) is 9.14. The lowest BCUT2D eigenvalue weighted by Crippen LogP contribution is -2.44. The highest BCUT2D eigenvalue weighted by Gasteiger charge is 2.21. The summed E-state index contributed by atoms with van der Waals surface area (Å²) in [7, 11) is 0. The van der Waals surface area contributed by atoms with Crippen molar-refractivity contribution < 1.29 is 9.84 Å². The fourth-order valence-corrected chi connectivity index (χ4v) is 2.14. The second-order valence-corrected chi connectivity index (χ2v) is 4.34. The standard InChI is InChI=1S/C13H15N3O2/c17-9-10-8-16(5-6-18-10)13-7-14-11-3-1-2-4-12(11)15-13/h1-4,7,10,17H,5-6,8-9H2. The Hall–Kier alpha value is -1.72. The van der Waals surface area contributed by atoms with E-state index in [0.717, 1.165) is 23.4 Å². The largest absolute Gasteiger partial charge is 0.394 e. The van der Waals surface area contributed by atoms with Crippen LogP contribution in [0.15, 0.2) is 30.5 Å². The lowest BCUT2D eigenvalue weighted by molar-refractivity contribution is 0.00336. The molecule has 1 aliphatic heterocycles. The van der Waals surface area contributed by atoms with Gasteiger partial charge in [0.15, 0.2) is 0 Å². The Morgan fingerprint density at radius 2 is 2.17 bits per heavy atom. The maximum atomic E-state index is 9.14. The molecule has 3 rings (SSSR count). The Bertz CT molecular complexity index is 547. The van der Waals surface area contributed by atoms with Gasteiger partial charge in [0.05, 0.1) is 36.5 Å². The molecule has 2 aromatic rings. The Balaban J connectivity index is 1.89. The van der Waals surface area contributed by atoms with E-state index in [9.17, 15) is 0 Å². The van der Waals surface area contributed by atoms with Gasteiger partial charge in [0.1, 0.15) is 5.82 Å². The summed E-state index contributed by atoms with van der Waals surface area (Å²) in [5.74, 6) is 0.843. The second kappa shape index (κ2) is 4.88. The second-order valence-electron chi connectivity index (χ2n) is 4.34. The van der Waals surface area contributed by atoms with Crippen LogP contribution in [0.5, 0.6) is 0 Å². The van der Waals surface area contributed by atoms with E-state index in [1.54, 1.807) is 6.20 Å². The molecule has 2 heterocycles. The number of morpholine rings is 1. The summed E-state index contributed by atoms with van der Waals surface area (Å²) in [4.78, 5) is 11.1. The van der Waals surface area contributed by atoms with E-state index < -0.39 is 0 Å². The zero-order valence-electron chi connectivity index (χ0n) is 9.99. The highest BCUT2D eigenvalue weighted by molar-refractivity contribution is 5.75. The number of fused-ring (bicyclic) bond motifs is 1. The lowest BCUT2D eigenvalue weighted by Gasteiger charge is -2.32. The third-order valence-corrected chi connectivity index (χ3v) is 3.10. The highest BCUT2D eigenvalue weighted by atomic mass is 16.5. The average molecular weight is 245 g/mol. The Morgan fingerprint density at radius 1 is 1.33 bits per heavy atom. The highest BCUT2D eigenvalue weighted by Crippen LogP contribution is 2.17. The molecule has 18 heavy (non-hydrogen) atoms. The number of aromatic nitrogens is 2. The number of hydrogen-bond acceptors (Lipinski definition) is 5. The molecule has 0 spiro atoms. The van der Waals surface area contributed by atoms with Gasteiger partial charge in [0.2, 0.25) is 0 Å². The van der Waals surface area contributed by atoms with E-state index in [2.05, 4.69) is 14.9 Å². The molecule has 0 amide bonds. The van der Waals surface area contributed by atoms with Crippen LogP contribution >= 0.6 is 0 Å². The number of aliphatic hydroxyl groups excluding tert-OH is 1. The van der Waals surface area contributed by atoms with Crippen LogP contribution in [0, 0.1) is 0 Å². The summed E-state index contributed by atoms with van der Waals surface area (Å²) in [6, 6.07) is 7.81. The predicted octanol–water partition coefficient (Wildman–Crippen LogP) is 0.827. The van der Waals surface area contributed by atoms with Crippen LogP contribution in [0.25, 0.3) is 11.0 Å². The first kappa shape index (κ1) is 11.4. The van der Waals surface area contributed by atoms with Gasteiger partial charge in [-0.3, -0.25) is 4.98 Å². The first-order valence-corrected chi connectivity index (χ1v) is 6.06. The average Bonchev–Trinajstić information content (AvgIpc) is 2.47. The van der Waals surface area contributed by atoms with Crippen LogP contribution in [0.3, 0.4) is 0 Å². The van der Waals surface area contributed by atoms with Crippen molar-refractivity contribution in [2.24, 2.45) is 0 Å². The molecule has 1 atom stereocenters. The number of hydrogen-bond donors (Lipinski definition) is 1. The maximum Gasteiger partial charge on any atom is 0.148 e. The molecule has 1 aliphatic rings. The Labute approximate surface area is 105 Å². The van der Waals surface area contributed by atoms with Crippen LogP contribution in [0.4, 0.5) is 5.82 Å². The quantitative estimate of drug-likeness (QED) is 0.849. The minimum atomic E-state index is -0.132. The molecule has 1 aromatic heterocycles. The van der Waals surface area contributed by atoms with Crippen molar-refractivity contribution in [2.45, 2.75) is 6.10 Å². The monoisotopic (exact) mass is 245 g/mol. The predicted molar refractivity (Wildman–Crippen MR) is 68.6 cm³/mol. The third-order valence-electron chi connectivity index (χ3n) is 3.10. The molecule has 1 aromatic carbocycles. The van der Waals surface area contributed by atoms with Crippen LogP contribution in [-0.2, 0) is 4.74 Å². The molecule has 5 nitrogen and oxygen atoms in total. The van der Waals surface area contributed by atoms with Crippen molar-refractivity contribution in [3.05, 3.63) is 30.5 Å². The smallest absolute Gasteiger partial charge is 0.148 e. The van der Waals surface area contributed by atoms with Gasteiger partial charge in [-0.25, -0.2) is 4.98 Å². The van der Waals surface area contributed by atoms with Crippen LogP contribution in [0.1, 0.15) is 0 Å². The van der Waals surface area contributed by atoms with Crippen LogP contribution in [-0.4, -0.2) is 47.5 Å². The van der Waals surface area contributed by atoms with Gasteiger partial charge in [0, 0.05) is 13.1 Å². The number of rotatable bonds is 2. The number of ether oxygens (including phenoxy) is 1. The molecule has 0 saturated carbocycles. The maximum absolute atomic E-state index is 9.14. The van der Waals surface area contributed by atoms with E-state index >= 15 is 0 Å². The molecule has 0 aliphatic carbocycles. The Kier molecular flexibility index (Phi) is 3.08. The molecule has 1 N–H and O–H groups in total. The summed E-state index contributed by atoms with van der Waals surface area (Å²) in [5.41, 5.74) is 1.79. The molecule has 94 valence electrons. The van der Waals surface area contributed by atoms with Gasteiger partial charge in [-0.15, -0.1) is 0 Å². The molecule has 1 unspecified atom stereocenters. The van der Waals surface area contributed by atoms with Crippen molar-refractivity contribution >= 4 is 16.9 Å². The topological polar surface area (TPSA) is 58.5 Å². The summed E-state index contributed by atoms with van der Waals surface area (Å²) in [6.45, 7) is 2.09.